The molecule has 2 aromatic rings. The van der Waals surface area contributed by atoms with Gasteiger partial charge in [-0.05, 0) is 49.6 Å². The van der Waals surface area contributed by atoms with E-state index in [4.69, 9.17) is 4.74 Å². The Bertz CT molecular complexity index is 1140. The van der Waals surface area contributed by atoms with Crippen LogP contribution in [0.5, 0.6) is 0 Å². The Hall–Kier alpha value is -3.26. The molecule has 2 aromatic carbocycles. The molecule has 3 fully saturated rings. The highest BCUT2D eigenvalue weighted by Crippen LogP contribution is 2.39. The van der Waals surface area contributed by atoms with Crippen LogP contribution in [0.25, 0.3) is 0 Å². The fraction of sp³-hybridized carbons (Fsp3) is 0.444. The third-order valence-corrected chi connectivity index (χ3v) is 7.46. The van der Waals surface area contributed by atoms with Crippen LogP contribution in [0.15, 0.2) is 48.5 Å². The minimum absolute atomic E-state index is 0.0522. The van der Waals surface area contributed by atoms with Gasteiger partial charge in [0.25, 0.3) is 11.8 Å². The molecule has 3 heterocycles. The van der Waals surface area contributed by atoms with E-state index < -0.39 is 23.5 Å². The highest BCUT2D eigenvalue weighted by molar-refractivity contribution is 5.99. The van der Waals surface area contributed by atoms with Crippen LogP contribution in [0.3, 0.4) is 0 Å². The Morgan fingerprint density at radius 2 is 1.63 bits per heavy atom. The van der Waals surface area contributed by atoms with Crippen LogP contribution in [-0.4, -0.2) is 77.0 Å². The van der Waals surface area contributed by atoms with Crippen molar-refractivity contribution in [2.24, 2.45) is 0 Å². The Morgan fingerprint density at radius 3 is 2.31 bits per heavy atom. The number of piperidine rings is 1. The van der Waals surface area contributed by atoms with Crippen molar-refractivity contribution in [1.29, 1.82) is 0 Å². The Labute approximate surface area is 204 Å². The number of carbonyl (C=O) groups excluding carboxylic acids is 3. The second-order valence-electron chi connectivity index (χ2n) is 9.60. The van der Waals surface area contributed by atoms with Crippen LogP contribution in [0.4, 0.5) is 4.39 Å². The van der Waals surface area contributed by atoms with Gasteiger partial charge in [-0.2, -0.15) is 0 Å². The second kappa shape index (κ2) is 9.41. The first-order valence-corrected chi connectivity index (χ1v) is 12.3. The molecular formula is C27H30FN3O4. The summed E-state index contributed by atoms with van der Waals surface area (Å²) in [5.41, 5.74) is 0.749. The number of nitrogens with zero attached hydrogens (tertiary/aromatic N) is 3. The van der Waals surface area contributed by atoms with E-state index in [1.54, 1.807) is 15.9 Å². The molecule has 35 heavy (non-hydrogen) atoms. The molecule has 0 aliphatic carbocycles. The predicted molar refractivity (Wildman–Crippen MR) is 127 cm³/mol. The summed E-state index contributed by atoms with van der Waals surface area (Å²) in [5, 5.41) is 0. The first-order chi connectivity index (χ1) is 16.9. The van der Waals surface area contributed by atoms with Crippen LogP contribution >= 0.6 is 0 Å². The van der Waals surface area contributed by atoms with Crippen LogP contribution < -0.4 is 0 Å². The van der Waals surface area contributed by atoms with Gasteiger partial charge in [0.15, 0.2) is 0 Å². The van der Waals surface area contributed by atoms with E-state index in [-0.39, 0.29) is 24.0 Å². The summed E-state index contributed by atoms with van der Waals surface area (Å²) in [4.78, 5) is 45.4. The quantitative estimate of drug-likeness (QED) is 0.678. The zero-order valence-corrected chi connectivity index (χ0v) is 19.9. The van der Waals surface area contributed by atoms with Gasteiger partial charge in [-0.25, -0.2) is 4.39 Å². The largest absolute Gasteiger partial charge is 0.353 e. The highest BCUT2D eigenvalue weighted by atomic mass is 19.1. The number of rotatable bonds is 3. The first-order valence-electron chi connectivity index (χ1n) is 12.3. The first kappa shape index (κ1) is 23.5. The maximum atomic E-state index is 14.0. The van der Waals surface area contributed by atoms with Crippen LogP contribution in [0, 0.1) is 12.7 Å². The molecule has 0 N–H and O–H groups in total. The van der Waals surface area contributed by atoms with E-state index in [0.717, 1.165) is 18.4 Å². The molecule has 3 aliphatic rings. The van der Waals surface area contributed by atoms with Crippen molar-refractivity contribution in [2.45, 2.75) is 44.4 Å². The zero-order chi connectivity index (χ0) is 24.6. The SMILES string of the molecule is Cc1ccccc1C(=O)N1CCC2(CC1)OCC(C(=O)N1CCCC1)N2C(=O)c1cccc(F)c1. The summed E-state index contributed by atoms with van der Waals surface area (Å²) in [7, 11) is 0. The highest BCUT2D eigenvalue weighted by Gasteiger charge is 2.55. The van der Waals surface area contributed by atoms with Crippen LogP contribution in [0.1, 0.15) is 52.0 Å². The summed E-state index contributed by atoms with van der Waals surface area (Å²) in [6.45, 7) is 4.14. The van der Waals surface area contributed by atoms with Gasteiger partial charge in [0.2, 0.25) is 5.91 Å². The van der Waals surface area contributed by atoms with Gasteiger partial charge in [-0.15, -0.1) is 0 Å². The molecule has 3 saturated heterocycles. The number of benzene rings is 2. The standard InChI is InChI=1S/C27H30FN3O4/c1-19-7-2-3-10-22(19)25(33)30-15-11-27(12-16-30)31(24(32)20-8-6-9-21(28)17-20)23(18-35-27)26(34)29-13-4-5-14-29/h2-3,6-10,17,23H,4-5,11-16,18H2,1H3. The molecule has 1 atom stereocenters. The maximum Gasteiger partial charge on any atom is 0.256 e. The Kier molecular flexibility index (Phi) is 6.32. The minimum Gasteiger partial charge on any atom is -0.353 e. The number of hydrogen-bond acceptors (Lipinski definition) is 4. The van der Waals surface area contributed by atoms with Crippen molar-refractivity contribution in [1.82, 2.24) is 14.7 Å². The fourth-order valence-electron chi connectivity index (χ4n) is 5.51. The molecule has 3 aliphatic heterocycles. The number of halogens is 1. The van der Waals surface area contributed by atoms with Crippen LogP contribution in [-0.2, 0) is 9.53 Å². The molecule has 0 bridgehead atoms. The lowest BCUT2D eigenvalue weighted by Gasteiger charge is -2.44. The van der Waals surface area contributed by atoms with Gasteiger partial charge in [0, 0.05) is 50.1 Å². The third kappa shape index (κ3) is 4.31. The molecule has 8 heteroatoms. The summed E-state index contributed by atoms with van der Waals surface area (Å²) in [6, 6.07) is 12.3. The Morgan fingerprint density at radius 1 is 0.914 bits per heavy atom. The van der Waals surface area contributed by atoms with Crippen molar-refractivity contribution < 1.29 is 23.5 Å². The number of hydrogen-bond donors (Lipinski definition) is 0. The molecule has 0 radical (unpaired) electrons. The predicted octanol–water partition coefficient (Wildman–Crippen LogP) is 3.23. The smallest absolute Gasteiger partial charge is 0.256 e. The molecular weight excluding hydrogens is 449 g/mol. The van der Waals surface area contributed by atoms with Gasteiger partial charge < -0.3 is 14.5 Å². The van der Waals surface area contributed by atoms with E-state index in [9.17, 15) is 18.8 Å². The van der Waals surface area contributed by atoms with Crippen molar-refractivity contribution in [3.05, 3.63) is 71.0 Å². The van der Waals surface area contributed by atoms with Gasteiger partial charge in [0.1, 0.15) is 17.6 Å². The van der Waals surface area contributed by atoms with Gasteiger partial charge >= 0.3 is 0 Å². The summed E-state index contributed by atoms with van der Waals surface area (Å²) >= 11 is 0. The number of likely N-dealkylation sites (tertiary alicyclic amines) is 2. The summed E-state index contributed by atoms with van der Waals surface area (Å²) in [5.74, 6) is -1.10. The van der Waals surface area contributed by atoms with Gasteiger partial charge in [0.05, 0.1) is 6.61 Å². The summed E-state index contributed by atoms with van der Waals surface area (Å²) < 4.78 is 20.2. The topological polar surface area (TPSA) is 70.2 Å². The third-order valence-electron chi connectivity index (χ3n) is 7.46. The molecule has 1 spiro atoms. The second-order valence-corrected chi connectivity index (χ2v) is 9.60. The summed E-state index contributed by atoms with van der Waals surface area (Å²) in [6.07, 6.45) is 2.65. The van der Waals surface area contributed by atoms with Crippen molar-refractivity contribution in [3.63, 3.8) is 0 Å². The molecule has 3 amide bonds. The monoisotopic (exact) mass is 479 g/mol. The molecule has 0 saturated carbocycles. The van der Waals surface area contributed by atoms with E-state index >= 15 is 0 Å². The number of amides is 3. The van der Waals surface area contributed by atoms with E-state index in [1.807, 2.05) is 31.2 Å². The van der Waals surface area contributed by atoms with Gasteiger partial charge in [-0.3, -0.25) is 19.3 Å². The zero-order valence-electron chi connectivity index (χ0n) is 19.9. The molecule has 0 aromatic heterocycles. The normalized spacial score (nSPS) is 21.5. The lowest BCUT2D eigenvalue weighted by molar-refractivity contribution is -0.136. The van der Waals surface area contributed by atoms with Crippen molar-refractivity contribution in [3.8, 4) is 0 Å². The average Bonchev–Trinajstić information content (AvgIpc) is 3.53. The maximum absolute atomic E-state index is 14.0. The number of carbonyl (C=O) groups is 3. The molecule has 7 nitrogen and oxygen atoms in total. The lowest BCUT2D eigenvalue weighted by atomic mass is 9.95. The number of ether oxygens (including phenoxy) is 1. The fourth-order valence-corrected chi connectivity index (χ4v) is 5.51. The van der Waals surface area contributed by atoms with Crippen molar-refractivity contribution >= 4 is 17.7 Å². The van der Waals surface area contributed by atoms with E-state index in [2.05, 4.69) is 0 Å². The molecule has 5 rings (SSSR count). The van der Waals surface area contributed by atoms with Crippen LogP contribution in [0.2, 0.25) is 0 Å². The average molecular weight is 480 g/mol. The molecule has 184 valence electrons. The minimum atomic E-state index is -1.01. The van der Waals surface area contributed by atoms with Crippen molar-refractivity contribution in [2.75, 3.05) is 32.8 Å². The van der Waals surface area contributed by atoms with E-state index in [1.165, 1.54) is 23.1 Å². The number of aryl methyl sites for hydroxylation is 1. The molecule has 1 unspecified atom stereocenters. The lowest BCUT2D eigenvalue weighted by Crippen LogP contribution is -2.60. The Balaban J connectivity index is 1.41. The van der Waals surface area contributed by atoms with Gasteiger partial charge in [-0.1, -0.05) is 24.3 Å². The van der Waals surface area contributed by atoms with E-state index in [0.29, 0.717) is 44.6 Å².